The first-order valence-corrected chi connectivity index (χ1v) is 10.2. The first-order valence-electron chi connectivity index (χ1n) is 8.78. The molecule has 8 nitrogen and oxygen atoms in total. The maximum Gasteiger partial charge on any atom is 0.258 e. The lowest BCUT2D eigenvalue weighted by molar-refractivity contribution is 0.268. The molecule has 1 atom stereocenters. The highest BCUT2D eigenvalue weighted by Crippen LogP contribution is 2.28. The van der Waals surface area contributed by atoms with E-state index in [1.165, 1.54) is 6.20 Å². The van der Waals surface area contributed by atoms with Crippen LogP contribution >= 0.6 is 0 Å². The molecule has 3 heterocycles. The quantitative estimate of drug-likeness (QED) is 0.680. The third-order valence-electron chi connectivity index (χ3n) is 4.65. The fraction of sp³-hybridized carbons (Fsp3) is 0.333. The molecule has 0 saturated carbocycles. The van der Waals surface area contributed by atoms with Gasteiger partial charge in [-0.25, -0.2) is 13.4 Å². The van der Waals surface area contributed by atoms with E-state index >= 15 is 0 Å². The maximum absolute atomic E-state index is 13.0. The van der Waals surface area contributed by atoms with Crippen LogP contribution in [0.15, 0.2) is 52.3 Å². The fourth-order valence-electron chi connectivity index (χ4n) is 3.21. The Hall–Kier alpha value is -2.65. The molecule has 27 heavy (non-hydrogen) atoms. The summed E-state index contributed by atoms with van der Waals surface area (Å²) >= 11 is 0. The summed E-state index contributed by atoms with van der Waals surface area (Å²) in [6, 6.07) is 6.60. The van der Waals surface area contributed by atoms with Gasteiger partial charge in [0.25, 0.3) is 5.89 Å². The van der Waals surface area contributed by atoms with Crippen LogP contribution in [-0.2, 0) is 10.0 Å². The van der Waals surface area contributed by atoms with Crippen molar-refractivity contribution in [1.82, 2.24) is 24.4 Å². The molecule has 1 aromatic carbocycles. The minimum absolute atomic E-state index is 0.000863. The molecule has 0 N–H and O–H groups in total. The summed E-state index contributed by atoms with van der Waals surface area (Å²) in [4.78, 5) is 12.7. The van der Waals surface area contributed by atoms with Crippen molar-refractivity contribution in [2.75, 3.05) is 6.54 Å². The molecule has 1 saturated heterocycles. The average Bonchev–Trinajstić information content (AvgIpc) is 3.19. The predicted octanol–water partition coefficient (Wildman–Crippen LogP) is 2.76. The Morgan fingerprint density at radius 2 is 2.11 bits per heavy atom. The SMILES string of the molecule is CC1CCCCN1S(=O)(=O)c1cccc(-c2nc(-c3cnccn3)no2)c1. The molecule has 4 rings (SSSR count). The molecule has 1 unspecified atom stereocenters. The number of hydrogen-bond donors (Lipinski definition) is 0. The zero-order valence-electron chi connectivity index (χ0n) is 14.8. The molecular formula is C18H19N5O3S. The Balaban J connectivity index is 1.66. The summed E-state index contributed by atoms with van der Waals surface area (Å²) in [6.45, 7) is 2.50. The molecule has 1 aliphatic heterocycles. The van der Waals surface area contributed by atoms with E-state index in [4.69, 9.17) is 4.52 Å². The molecule has 2 aromatic heterocycles. The summed E-state index contributed by atoms with van der Waals surface area (Å²) in [5.41, 5.74) is 1.03. The minimum Gasteiger partial charge on any atom is -0.334 e. The molecule has 0 bridgehead atoms. The van der Waals surface area contributed by atoms with Crippen molar-refractivity contribution in [3.8, 4) is 23.0 Å². The molecule has 0 aliphatic carbocycles. The van der Waals surface area contributed by atoms with E-state index in [0.29, 0.717) is 23.6 Å². The Labute approximate surface area is 157 Å². The molecule has 0 amide bonds. The van der Waals surface area contributed by atoms with Gasteiger partial charge in [-0.1, -0.05) is 17.6 Å². The lowest BCUT2D eigenvalue weighted by Crippen LogP contribution is -2.41. The van der Waals surface area contributed by atoms with Gasteiger partial charge in [0, 0.05) is 30.5 Å². The van der Waals surface area contributed by atoms with Crippen molar-refractivity contribution >= 4 is 10.0 Å². The number of nitrogens with zero attached hydrogens (tertiary/aromatic N) is 5. The third-order valence-corrected chi connectivity index (χ3v) is 6.66. The molecule has 1 aliphatic rings. The largest absolute Gasteiger partial charge is 0.334 e. The van der Waals surface area contributed by atoms with Crippen molar-refractivity contribution in [3.63, 3.8) is 0 Å². The van der Waals surface area contributed by atoms with E-state index in [2.05, 4.69) is 20.1 Å². The third kappa shape index (κ3) is 3.47. The van der Waals surface area contributed by atoms with Gasteiger partial charge in [-0.05, 0) is 38.0 Å². The van der Waals surface area contributed by atoms with E-state index < -0.39 is 10.0 Å². The van der Waals surface area contributed by atoms with Crippen LogP contribution in [0.1, 0.15) is 26.2 Å². The molecule has 1 fully saturated rings. The van der Waals surface area contributed by atoms with Gasteiger partial charge >= 0.3 is 0 Å². The monoisotopic (exact) mass is 385 g/mol. The number of sulfonamides is 1. The Morgan fingerprint density at radius 1 is 1.22 bits per heavy atom. The topological polar surface area (TPSA) is 102 Å². The number of rotatable bonds is 4. The second kappa shape index (κ2) is 7.16. The van der Waals surface area contributed by atoms with E-state index in [0.717, 1.165) is 19.3 Å². The smallest absolute Gasteiger partial charge is 0.258 e. The highest BCUT2D eigenvalue weighted by Gasteiger charge is 2.31. The Morgan fingerprint density at radius 3 is 2.89 bits per heavy atom. The van der Waals surface area contributed by atoms with Crippen LogP contribution < -0.4 is 0 Å². The van der Waals surface area contributed by atoms with E-state index in [1.807, 2.05) is 6.92 Å². The van der Waals surface area contributed by atoms with E-state index in [1.54, 1.807) is 41.0 Å². The van der Waals surface area contributed by atoms with Crippen LogP contribution in [0.25, 0.3) is 23.0 Å². The Bertz CT molecular complexity index is 1040. The number of aromatic nitrogens is 4. The van der Waals surface area contributed by atoms with Crippen molar-refractivity contribution < 1.29 is 12.9 Å². The van der Waals surface area contributed by atoms with Crippen molar-refractivity contribution in [2.24, 2.45) is 0 Å². The first kappa shape index (κ1) is 17.7. The van der Waals surface area contributed by atoms with Gasteiger partial charge in [-0.15, -0.1) is 0 Å². The van der Waals surface area contributed by atoms with Gasteiger partial charge in [0.05, 0.1) is 11.1 Å². The first-order chi connectivity index (χ1) is 13.1. The molecule has 140 valence electrons. The Kier molecular flexibility index (Phi) is 4.71. The van der Waals surface area contributed by atoms with Crippen LogP contribution in [-0.4, -0.2) is 45.4 Å². The summed E-state index contributed by atoms with van der Waals surface area (Å²) in [7, 11) is -3.57. The zero-order chi connectivity index (χ0) is 18.9. The second-order valence-corrected chi connectivity index (χ2v) is 8.39. The second-order valence-electron chi connectivity index (χ2n) is 6.50. The van der Waals surface area contributed by atoms with Crippen molar-refractivity contribution in [2.45, 2.75) is 37.1 Å². The number of benzene rings is 1. The van der Waals surface area contributed by atoms with E-state index in [9.17, 15) is 8.42 Å². The van der Waals surface area contributed by atoms with Crippen molar-refractivity contribution in [1.29, 1.82) is 0 Å². The summed E-state index contributed by atoms with van der Waals surface area (Å²) in [6.07, 6.45) is 7.45. The van der Waals surface area contributed by atoms with Crippen LogP contribution in [0.4, 0.5) is 0 Å². The van der Waals surface area contributed by atoms with E-state index in [-0.39, 0.29) is 16.8 Å². The summed E-state index contributed by atoms with van der Waals surface area (Å²) < 4.78 is 33.0. The lowest BCUT2D eigenvalue weighted by atomic mass is 10.1. The van der Waals surface area contributed by atoms with Gasteiger partial charge in [-0.3, -0.25) is 4.98 Å². The van der Waals surface area contributed by atoms with Crippen LogP contribution in [0.2, 0.25) is 0 Å². The molecule has 0 spiro atoms. The van der Waals surface area contributed by atoms with Gasteiger partial charge < -0.3 is 4.52 Å². The van der Waals surface area contributed by atoms with Crippen molar-refractivity contribution in [3.05, 3.63) is 42.9 Å². The van der Waals surface area contributed by atoms with Crippen LogP contribution in [0, 0.1) is 0 Å². The zero-order valence-corrected chi connectivity index (χ0v) is 15.6. The molecular weight excluding hydrogens is 366 g/mol. The van der Waals surface area contributed by atoms with Gasteiger partial charge in [-0.2, -0.15) is 9.29 Å². The van der Waals surface area contributed by atoms with Gasteiger partial charge in [0.2, 0.25) is 15.8 Å². The lowest BCUT2D eigenvalue weighted by Gasteiger charge is -2.32. The average molecular weight is 385 g/mol. The normalized spacial score (nSPS) is 18.5. The van der Waals surface area contributed by atoms with Gasteiger partial charge in [0.15, 0.2) is 0 Å². The molecule has 0 radical (unpaired) electrons. The maximum atomic E-state index is 13.0. The fourth-order valence-corrected chi connectivity index (χ4v) is 4.96. The number of piperidine rings is 1. The summed E-state index contributed by atoms with van der Waals surface area (Å²) in [5.74, 6) is 0.537. The molecule has 9 heteroatoms. The van der Waals surface area contributed by atoms with Crippen LogP contribution in [0.5, 0.6) is 0 Å². The highest BCUT2D eigenvalue weighted by molar-refractivity contribution is 7.89. The predicted molar refractivity (Wildman–Crippen MR) is 98.0 cm³/mol. The number of hydrogen-bond acceptors (Lipinski definition) is 7. The minimum atomic E-state index is -3.57. The highest BCUT2D eigenvalue weighted by atomic mass is 32.2. The standard InChI is InChI=1S/C18H19N5O3S/c1-13-5-2-3-10-23(13)27(24,25)15-7-4-6-14(11-15)18-21-17(22-26-18)16-12-19-8-9-20-16/h4,6-9,11-13H,2-3,5,10H2,1H3. The van der Waals surface area contributed by atoms with Crippen LogP contribution in [0.3, 0.4) is 0 Å². The van der Waals surface area contributed by atoms with Gasteiger partial charge in [0.1, 0.15) is 5.69 Å². The summed E-state index contributed by atoms with van der Waals surface area (Å²) in [5, 5.41) is 3.91. The molecule has 3 aromatic rings.